The number of hydrogen-bond acceptors (Lipinski definition) is 4. The van der Waals surface area contributed by atoms with Crippen molar-refractivity contribution in [1.29, 1.82) is 0 Å². The van der Waals surface area contributed by atoms with E-state index in [1.165, 1.54) is 29.5 Å². The Morgan fingerprint density at radius 1 is 1.41 bits per heavy atom. The first-order valence-corrected chi connectivity index (χ1v) is 6.81. The molecule has 0 aliphatic rings. The smallest absolute Gasteiger partial charge is 0.332 e. The van der Waals surface area contributed by atoms with Crippen LogP contribution in [0.4, 0.5) is 3.89 Å². The van der Waals surface area contributed by atoms with E-state index >= 15 is 0 Å². The lowest BCUT2D eigenvalue weighted by Gasteiger charge is -1.98. The molecule has 0 saturated heterocycles. The number of carbonyl (C=O) groups is 1. The van der Waals surface area contributed by atoms with E-state index in [4.69, 9.17) is 5.11 Å². The maximum Gasteiger partial charge on any atom is 0.332 e. The van der Waals surface area contributed by atoms with Gasteiger partial charge in [0.2, 0.25) is 0 Å². The third-order valence-electron chi connectivity index (χ3n) is 2.25. The van der Waals surface area contributed by atoms with E-state index in [9.17, 15) is 17.1 Å². The van der Waals surface area contributed by atoms with Crippen molar-refractivity contribution >= 4 is 37.6 Å². The van der Waals surface area contributed by atoms with Crippen molar-refractivity contribution in [3.8, 4) is 0 Å². The molecule has 0 aliphatic carbocycles. The fraction of sp³-hybridized carbons (Fsp3) is 0.100. The van der Waals surface area contributed by atoms with Gasteiger partial charge >= 0.3 is 16.2 Å². The number of thiophene rings is 1. The summed E-state index contributed by atoms with van der Waals surface area (Å²) in [6.45, 7) is 0. The zero-order valence-corrected chi connectivity index (χ0v) is 10.0. The van der Waals surface area contributed by atoms with E-state index in [2.05, 4.69) is 0 Å². The Bertz CT molecular complexity index is 687. The first-order chi connectivity index (χ1) is 7.88. The molecule has 2 rings (SSSR count). The second-order valence-electron chi connectivity index (χ2n) is 3.43. The van der Waals surface area contributed by atoms with Crippen LogP contribution in [0.25, 0.3) is 10.1 Å². The van der Waals surface area contributed by atoms with Gasteiger partial charge in [-0.15, -0.1) is 15.2 Å². The van der Waals surface area contributed by atoms with Crippen LogP contribution in [0.15, 0.2) is 28.5 Å². The summed E-state index contributed by atoms with van der Waals surface area (Å²) in [6.07, 6.45) is -0.213. The molecular formula is C10H7FO4S2. The lowest BCUT2D eigenvalue weighted by Crippen LogP contribution is -1.99. The average molecular weight is 274 g/mol. The summed E-state index contributed by atoms with van der Waals surface area (Å²) in [5.41, 5.74) is 0.489. The van der Waals surface area contributed by atoms with E-state index in [0.717, 1.165) is 4.70 Å². The predicted molar refractivity (Wildman–Crippen MR) is 61.5 cm³/mol. The van der Waals surface area contributed by atoms with Crippen LogP contribution in [0, 0.1) is 0 Å². The highest BCUT2D eigenvalue weighted by Gasteiger charge is 2.15. The number of aliphatic carboxylic acids is 1. The molecular weight excluding hydrogens is 267 g/mol. The number of hydrogen-bond donors (Lipinski definition) is 1. The van der Waals surface area contributed by atoms with E-state index < -0.39 is 21.1 Å². The fourth-order valence-corrected chi connectivity index (χ4v) is 2.94. The number of benzene rings is 1. The minimum absolute atomic E-state index is 0.213. The average Bonchev–Trinajstić information content (AvgIpc) is 2.59. The van der Waals surface area contributed by atoms with Crippen molar-refractivity contribution in [3.05, 3.63) is 29.1 Å². The molecule has 1 N–H and O–H groups in total. The van der Waals surface area contributed by atoms with Gasteiger partial charge in [-0.05, 0) is 34.5 Å². The molecule has 0 atom stereocenters. The maximum absolute atomic E-state index is 12.8. The second kappa shape index (κ2) is 4.08. The number of fused-ring (bicyclic) bond motifs is 1. The Kier molecular flexibility index (Phi) is 2.88. The molecule has 1 aromatic heterocycles. The maximum atomic E-state index is 12.8. The Hall–Kier alpha value is -1.47. The van der Waals surface area contributed by atoms with Crippen molar-refractivity contribution in [1.82, 2.24) is 0 Å². The van der Waals surface area contributed by atoms with E-state index in [1.54, 1.807) is 5.38 Å². The topological polar surface area (TPSA) is 71.4 Å². The van der Waals surface area contributed by atoms with Crippen LogP contribution in [0.3, 0.4) is 0 Å². The van der Waals surface area contributed by atoms with Crippen LogP contribution < -0.4 is 0 Å². The second-order valence-corrected chi connectivity index (χ2v) is 5.69. The Morgan fingerprint density at radius 2 is 2.12 bits per heavy atom. The molecule has 0 radical (unpaired) electrons. The molecule has 0 spiro atoms. The van der Waals surface area contributed by atoms with E-state index in [1.807, 2.05) is 0 Å². The molecule has 1 heterocycles. The largest absolute Gasteiger partial charge is 0.481 e. The summed E-state index contributed by atoms with van der Waals surface area (Å²) in [4.78, 5) is 10.2. The van der Waals surface area contributed by atoms with Gasteiger partial charge in [0, 0.05) is 4.70 Å². The SMILES string of the molecule is O=C(O)Cc1csc2ccc(S(=O)(=O)F)cc12. The fourth-order valence-electron chi connectivity index (χ4n) is 1.51. The number of carboxylic acid groups (broad SMARTS) is 1. The zero-order valence-electron chi connectivity index (χ0n) is 8.38. The number of halogens is 1. The standard InChI is InChI=1S/C10H7FO4S2/c11-17(14,15)7-1-2-9-8(4-7)6(5-16-9)3-10(12)13/h1-2,4-5H,3H2,(H,12,13). The van der Waals surface area contributed by atoms with Crippen molar-refractivity contribution in [2.75, 3.05) is 0 Å². The van der Waals surface area contributed by atoms with Crippen molar-refractivity contribution in [3.63, 3.8) is 0 Å². The molecule has 7 heteroatoms. The van der Waals surface area contributed by atoms with Gasteiger partial charge in [-0.1, -0.05) is 0 Å². The van der Waals surface area contributed by atoms with Gasteiger partial charge in [0.1, 0.15) is 0 Å². The van der Waals surface area contributed by atoms with E-state index in [-0.39, 0.29) is 6.42 Å². The molecule has 1 aromatic carbocycles. The van der Waals surface area contributed by atoms with Crippen LogP contribution >= 0.6 is 11.3 Å². The number of carboxylic acids is 1. The monoisotopic (exact) mass is 274 g/mol. The van der Waals surface area contributed by atoms with Gasteiger partial charge in [-0.2, -0.15) is 8.42 Å². The van der Waals surface area contributed by atoms with E-state index in [0.29, 0.717) is 10.9 Å². The normalized spacial score (nSPS) is 11.8. The third kappa shape index (κ3) is 2.45. The quantitative estimate of drug-likeness (QED) is 0.871. The number of rotatable bonds is 3. The summed E-state index contributed by atoms with van der Waals surface area (Å²) in [5, 5.41) is 10.8. The van der Waals surface area contributed by atoms with Crippen molar-refractivity contribution < 1.29 is 22.2 Å². The highest BCUT2D eigenvalue weighted by Crippen LogP contribution is 2.29. The van der Waals surface area contributed by atoms with Crippen LogP contribution in [-0.4, -0.2) is 19.5 Å². The molecule has 17 heavy (non-hydrogen) atoms. The zero-order chi connectivity index (χ0) is 12.6. The third-order valence-corrected chi connectivity index (χ3v) is 4.08. The highest BCUT2D eigenvalue weighted by molar-refractivity contribution is 7.86. The minimum Gasteiger partial charge on any atom is -0.481 e. The molecule has 2 aromatic rings. The Morgan fingerprint density at radius 3 is 2.71 bits per heavy atom. The van der Waals surface area contributed by atoms with Crippen molar-refractivity contribution in [2.45, 2.75) is 11.3 Å². The first-order valence-electron chi connectivity index (χ1n) is 4.54. The lowest BCUT2D eigenvalue weighted by molar-refractivity contribution is -0.136. The Balaban J connectivity index is 2.62. The molecule has 4 nitrogen and oxygen atoms in total. The molecule has 0 fully saturated rings. The minimum atomic E-state index is -4.76. The van der Waals surface area contributed by atoms with Crippen LogP contribution in [-0.2, 0) is 21.4 Å². The first kappa shape index (κ1) is 12.0. The van der Waals surface area contributed by atoms with Crippen LogP contribution in [0.2, 0.25) is 0 Å². The predicted octanol–water partition coefficient (Wildman–Crippen LogP) is 2.19. The van der Waals surface area contributed by atoms with Crippen molar-refractivity contribution in [2.24, 2.45) is 0 Å². The lowest BCUT2D eigenvalue weighted by atomic mass is 10.1. The summed E-state index contributed by atoms with van der Waals surface area (Å²) in [6, 6.07) is 3.80. The molecule has 0 saturated carbocycles. The Labute approximate surface area is 101 Å². The van der Waals surface area contributed by atoms with Gasteiger partial charge in [-0.25, -0.2) is 0 Å². The van der Waals surface area contributed by atoms with Crippen LogP contribution in [0.5, 0.6) is 0 Å². The molecule has 0 amide bonds. The van der Waals surface area contributed by atoms with Gasteiger partial charge in [0.25, 0.3) is 0 Å². The highest BCUT2D eigenvalue weighted by atomic mass is 32.3. The van der Waals surface area contributed by atoms with Gasteiger partial charge < -0.3 is 5.11 Å². The van der Waals surface area contributed by atoms with Gasteiger partial charge in [0.15, 0.2) is 0 Å². The van der Waals surface area contributed by atoms with Crippen LogP contribution in [0.1, 0.15) is 5.56 Å². The summed E-state index contributed by atoms with van der Waals surface area (Å²) in [5.74, 6) is -1.02. The molecule has 0 bridgehead atoms. The molecule has 0 aliphatic heterocycles. The van der Waals surface area contributed by atoms with Gasteiger partial charge in [-0.3, -0.25) is 4.79 Å². The summed E-state index contributed by atoms with van der Waals surface area (Å²) >= 11 is 1.29. The summed E-state index contributed by atoms with van der Waals surface area (Å²) < 4.78 is 35.0. The van der Waals surface area contributed by atoms with Gasteiger partial charge in [0.05, 0.1) is 11.3 Å². The molecule has 90 valence electrons. The molecule has 0 unspecified atom stereocenters. The summed E-state index contributed by atoms with van der Waals surface area (Å²) in [7, 11) is -4.76.